The van der Waals surface area contributed by atoms with Crippen LogP contribution in [-0.2, 0) is 46.9 Å². The van der Waals surface area contributed by atoms with Gasteiger partial charge in [-0.1, -0.05) is 29.3 Å². The van der Waals surface area contributed by atoms with E-state index in [0.717, 1.165) is 27.7 Å². The summed E-state index contributed by atoms with van der Waals surface area (Å²) in [6.45, 7) is 13.3. The molecule has 16 heteroatoms. The Morgan fingerprint density at radius 2 is 1.27 bits per heavy atom. The van der Waals surface area contributed by atoms with E-state index in [-0.39, 0.29) is 12.4 Å². The van der Waals surface area contributed by atoms with E-state index in [9.17, 15) is 18.8 Å². The molecular formula is C44H48FN11O4. The fourth-order valence-electron chi connectivity index (χ4n) is 7.40. The van der Waals surface area contributed by atoms with E-state index in [1.807, 2.05) is 80.5 Å². The van der Waals surface area contributed by atoms with Crippen LogP contribution in [0.25, 0.3) is 22.1 Å². The second-order valence-electron chi connectivity index (χ2n) is 14.9. The van der Waals surface area contributed by atoms with Crippen molar-refractivity contribution in [3.8, 4) is 5.75 Å². The third-order valence-corrected chi connectivity index (χ3v) is 10.7. The minimum absolute atomic E-state index is 0.182. The number of nitrogens with two attached hydrogens (primary N) is 1. The fraction of sp³-hybridized carbons (Fsp3) is 0.295. The van der Waals surface area contributed by atoms with Gasteiger partial charge in [0.1, 0.15) is 35.1 Å². The van der Waals surface area contributed by atoms with Crippen molar-refractivity contribution in [1.29, 1.82) is 0 Å². The summed E-state index contributed by atoms with van der Waals surface area (Å²) < 4.78 is 30.9. The average Bonchev–Trinajstić information content (AvgIpc) is 3.95. The molecule has 15 nitrogen and oxygen atoms in total. The summed E-state index contributed by atoms with van der Waals surface area (Å²) in [5.41, 5.74) is 14.5. The Labute approximate surface area is 345 Å². The summed E-state index contributed by atoms with van der Waals surface area (Å²) >= 11 is 0. The van der Waals surface area contributed by atoms with Crippen LogP contribution >= 0.6 is 0 Å². The summed E-state index contributed by atoms with van der Waals surface area (Å²) in [6.07, 6.45) is 0. The molecule has 0 spiro atoms. The van der Waals surface area contributed by atoms with Gasteiger partial charge in [0.15, 0.2) is 0 Å². The highest BCUT2D eigenvalue weighted by Gasteiger charge is 2.21. The van der Waals surface area contributed by atoms with Gasteiger partial charge in [0.2, 0.25) is 17.1 Å². The van der Waals surface area contributed by atoms with E-state index in [4.69, 9.17) is 15.5 Å². The van der Waals surface area contributed by atoms with E-state index < -0.39 is 17.7 Å². The molecule has 0 saturated carbocycles. The number of amides is 3. The number of fused-ring (bicyclic) bond motifs is 2. The predicted octanol–water partition coefficient (Wildman–Crippen LogP) is 5.66. The van der Waals surface area contributed by atoms with E-state index in [1.54, 1.807) is 63.4 Å². The Kier molecular flexibility index (Phi) is 11.4. The minimum Gasteiger partial charge on any atom is -0.487 e. The number of primary amides is 1. The van der Waals surface area contributed by atoms with Gasteiger partial charge >= 0.3 is 0 Å². The lowest BCUT2D eigenvalue weighted by Gasteiger charge is -2.14. The van der Waals surface area contributed by atoms with Crippen LogP contribution in [0.15, 0.2) is 93.9 Å². The van der Waals surface area contributed by atoms with E-state index in [0.29, 0.717) is 82.5 Å². The summed E-state index contributed by atoms with van der Waals surface area (Å²) in [5, 5.41) is 8.90. The average molecular weight is 814 g/mol. The van der Waals surface area contributed by atoms with Crippen molar-refractivity contribution < 1.29 is 23.5 Å². The van der Waals surface area contributed by atoms with E-state index in [1.165, 1.54) is 12.1 Å². The Bertz CT molecular complexity index is 3000. The lowest BCUT2D eigenvalue weighted by Crippen LogP contribution is -2.28. The Balaban J connectivity index is 1.37. The Morgan fingerprint density at radius 3 is 1.83 bits per heavy atom. The number of aryl methyl sites for hydroxylation is 6. The highest BCUT2D eigenvalue weighted by molar-refractivity contribution is 5.97. The van der Waals surface area contributed by atoms with Crippen molar-refractivity contribution in [1.82, 2.24) is 37.8 Å². The lowest BCUT2D eigenvalue weighted by atomic mass is 10.1. The summed E-state index contributed by atoms with van der Waals surface area (Å²) in [6, 6.07) is 20.4. The zero-order valence-corrected chi connectivity index (χ0v) is 35.0. The first-order valence-electron chi connectivity index (χ1n) is 19.7. The maximum atomic E-state index is 13.9. The van der Waals surface area contributed by atoms with Crippen molar-refractivity contribution in [2.75, 3.05) is 0 Å². The fourth-order valence-corrected chi connectivity index (χ4v) is 7.40. The molecule has 0 aliphatic heterocycles. The number of halogens is 1. The second kappa shape index (κ2) is 16.6. The molecule has 0 atom stereocenters. The Morgan fingerprint density at radius 1 is 0.717 bits per heavy atom. The molecule has 7 rings (SSSR count). The zero-order valence-electron chi connectivity index (χ0n) is 35.0. The second-order valence-corrected chi connectivity index (χ2v) is 14.9. The zero-order chi connectivity index (χ0) is 43.0. The van der Waals surface area contributed by atoms with Gasteiger partial charge in [0, 0.05) is 45.8 Å². The molecule has 0 bridgehead atoms. The molecule has 310 valence electrons. The largest absolute Gasteiger partial charge is 0.487 e. The molecule has 0 fully saturated rings. The molecule has 2 N–H and O–H groups in total. The van der Waals surface area contributed by atoms with Gasteiger partial charge < -0.3 is 28.7 Å². The quantitative estimate of drug-likeness (QED) is 0.156. The molecule has 4 heterocycles. The molecule has 3 amide bonds. The van der Waals surface area contributed by atoms with Crippen LogP contribution in [0, 0.1) is 19.7 Å². The van der Waals surface area contributed by atoms with Crippen molar-refractivity contribution >= 4 is 39.8 Å². The van der Waals surface area contributed by atoms with E-state index in [2.05, 4.69) is 15.2 Å². The number of aromatic nitrogens is 8. The molecule has 60 heavy (non-hydrogen) atoms. The number of imidazole rings is 2. The third kappa shape index (κ3) is 7.87. The molecule has 0 unspecified atom stereocenters. The van der Waals surface area contributed by atoms with Gasteiger partial charge in [-0.25, -0.2) is 4.39 Å². The topological polar surface area (TPSA) is 167 Å². The monoisotopic (exact) mass is 813 g/mol. The van der Waals surface area contributed by atoms with Crippen molar-refractivity contribution in [3.05, 3.63) is 135 Å². The molecule has 0 radical (unpaired) electrons. The molecule has 0 aliphatic rings. The highest BCUT2D eigenvalue weighted by atomic mass is 19.1. The van der Waals surface area contributed by atoms with Crippen LogP contribution in [0.5, 0.6) is 5.75 Å². The minimum atomic E-state index is -0.574. The lowest BCUT2D eigenvalue weighted by molar-refractivity contribution is 0.0977. The number of hydrogen-bond donors (Lipinski definition) is 1. The third-order valence-electron chi connectivity index (χ3n) is 10.7. The van der Waals surface area contributed by atoms with Crippen LogP contribution in [0.1, 0.15) is 76.0 Å². The van der Waals surface area contributed by atoms with Crippen LogP contribution in [-0.4, -0.2) is 55.6 Å². The molecule has 0 aliphatic carbocycles. The van der Waals surface area contributed by atoms with Crippen LogP contribution in [0.2, 0.25) is 0 Å². The molecular weight excluding hydrogens is 766 g/mol. The molecule has 3 aromatic carbocycles. The van der Waals surface area contributed by atoms with Gasteiger partial charge in [0.05, 0.1) is 27.9 Å². The maximum absolute atomic E-state index is 13.9. The maximum Gasteiger partial charge on any atom is 0.298 e. The number of ether oxygens (including phenoxy) is 1. The number of allylic oxidation sites excluding steroid dienone is 2. The Hall–Kier alpha value is -7.10. The van der Waals surface area contributed by atoms with Crippen molar-refractivity contribution in [3.63, 3.8) is 0 Å². The molecule has 7 aromatic rings. The smallest absolute Gasteiger partial charge is 0.298 e. The van der Waals surface area contributed by atoms with Gasteiger partial charge in [-0.05, 0) is 102 Å². The first-order valence-corrected chi connectivity index (χ1v) is 19.7. The first-order chi connectivity index (χ1) is 28.7. The van der Waals surface area contributed by atoms with Gasteiger partial charge in [-0.15, -0.1) is 0 Å². The van der Waals surface area contributed by atoms with Crippen molar-refractivity contribution in [2.24, 2.45) is 29.8 Å². The summed E-state index contributed by atoms with van der Waals surface area (Å²) in [4.78, 5) is 49.3. The van der Waals surface area contributed by atoms with Crippen LogP contribution in [0.3, 0.4) is 0 Å². The summed E-state index contributed by atoms with van der Waals surface area (Å²) in [7, 11) is 3.65. The number of hydrogen-bond acceptors (Lipinski definition) is 6. The van der Waals surface area contributed by atoms with Crippen molar-refractivity contribution in [2.45, 2.75) is 74.3 Å². The molecule has 0 saturated heterocycles. The predicted molar refractivity (Wildman–Crippen MR) is 225 cm³/mol. The van der Waals surface area contributed by atoms with Gasteiger partial charge in [-0.3, -0.25) is 23.7 Å². The number of carbonyl (C=O) groups excluding carboxylic acids is 3. The van der Waals surface area contributed by atoms with Gasteiger partial charge in [-0.2, -0.15) is 20.2 Å². The number of benzene rings is 3. The van der Waals surface area contributed by atoms with Crippen LogP contribution < -0.4 is 21.7 Å². The number of rotatable bonds is 12. The highest BCUT2D eigenvalue weighted by Crippen LogP contribution is 2.27. The standard InChI is InChI=1S/C44H48FN11O4/c1-9-55-36(20-28(5)49-55)41(58)47-43-52(8)35-22-31(40(46)57)16-19-33(35)53(43)23-26(3)27(4)24-54-39-34(12-11-13-38(39)60-25-30-14-17-32(45)18-15-30)51(7)44(54)48-42(59)37-21-29(6)50-56(37)10-2/h11-22H,9-10,23-25H2,1-8H3,(H2,46,57)/b27-26+,47-43?,48-44?. The summed E-state index contributed by atoms with van der Waals surface area (Å²) in [5.74, 6) is -1.26. The first kappa shape index (κ1) is 41.1. The number of nitrogens with zero attached hydrogens (tertiary/aromatic N) is 10. The molecule has 4 aromatic heterocycles. The van der Waals surface area contributed by atoms with Gasteiger partial charge in [0.25, 0.3) is 11.8 Å². The SMILES string of the molecule is CCn1nc(C)cc1C(=O)N=c1n(C)c2cc(C(N)=O)ccc2n1C/C(C)=C(\C)Cn1c(=NC(=O)c2cc(C)nn2CC)n(C)c2cccc(OCc3ccc(F)cc3)c21. The van der Waals surface area contributed by atoms with Crippen LogP contribution in [0.4, 0.5) is 4.39 Å². The van der Waals surface area contributed by atoms with E-state index >= 15 is 0 Å². The normalized spacial score (nSPS) is 12.8. The number of carbonyl (C=O) groups is 3. The number of para-hydroxylation sites is 1.